The number of hydrogen-bond acceptors (Lipinski definition) is 2. The Morgan fingerprint density at radius 1 is 1.11 bits per heavy atom. The number of carbonyl (C=O) groups is 1. The van der Waals surface area contributed by atoms with Gasteiger partial charge in [-0.2, -0.15) is 0 Å². The first-order valence-corrected chi connectivity index (χ1v) is 7.30. The highest BCUT2D eigenvalue weighted by molar-refractivity contribution is 5.81. The number of rotatable bonds is 2. The Morgan fingerprint density at radius 3 is 2.47 bits per heavy atom. The van der Waals surface area contributed by atoms with E-state index < -0.39 is 0 Å². The van der Waals surface area contributed by atoms with Gasteiger partial charge in [-0.3, -0.25) is 4.79 Å². The van der Waals surface area contributed by atoms with E-state index in [2.05, 4.69) is 30.3 Å². The van der Waals surface area contributed by atoms with Crippen molar-refractivity contribution >= 4 is 5.91 Å². The topological polar surface area (TPSA) is 29.5 Å². The fraction of sp³-hybridized carbons (Fsp3) is 0.562. The van der Waals surface area contributed by atoms with Crippen LogP contribution >= 0.6 is 0 Å². The van der Waals surface area contributed by atoms with Crippen molar-refractivity contribution in [3.05, 3.63) is 35.9 Å². The van der Waals surface area contributed by atoms with Crippen LogP contribution in [0.4, 0.5) is 0 Å². The van der Waals surface area contributed by atoms with E-state index in [9.17, 15) is 4.79 Å². The van der Waals surface area contributed by atoms with Crippen molar-refractivity contribution in [2.45, 2.75) is 37.7 Å². The molecule has 0 aliphatic carbocycles. The molecule has 102 valence electrons. The van der Waals surface area contributed by atoms with E-state index in [1.54, 1.807) is 0 Å². The average Bonchev–Trinajstić information content (AvgIpc) is 3.02. The Balaban J connectivity index is 1.56. The molecule has 3 nitrogen and oxygen atoms in total. The van der Waals surface area contributed by atoms with Gasteiger partial charge < -0.3 is 9.64 Å². The van der Waals surface area contributed by atoms with Crippen molar-refractivity contribution in [2.24, 2.45) is 0 Å². The van der Waals surface area contributed by atoms with Gasteiger partial charge in [-0.15, -0.1) is 0 Å². The third kappa shape index (κ3) is 2.81. The molecule has 0 saturated carbocycles. The van der Waals surface area contributed by atoms with E-state index in [0.29, 0.717) is 5.92 Å². The van der Waals surface area contributed by atoms with E-state index in [4.69, 9.17) is 4.74 Å². The van der Waals surface area contributed by atoms with Gasteiger partial charge in [0.2, 0.25) is 0 Å². The summed E-state index contributed by atoms with van der Waals surface area (Å²) < 4.78 is 5.49. The van der Waals surface area contributed by atoms with Gasteiger partial charge in [0.05, 0.1) is 0 Å². The van der Waals surface area contributed by atoms with E-state index in [-0.39, 0.29) is 12.0 Å². The first kappa shape index (κ1) is 12.7. The molecule has 1 aromatic carbocycles. The van der Waals surface area contributed by atoms with Crippen molar-refractivity contribution in [3.8, 4) is 0 Å². The minimum atomic E-state index is -0.159. The summed E-state index contributed by atoms with van der Waals surface area (Å²) in [6.45, 7) is 2.49. The SMILES string of the molecule is O=C(C1CCCO1)N1CCC(c2ccccc2)CC1. The Morgan fingerprint density at radius 2 is 1.84 bits per heavy atom. The van der Waals surface area contributed by atoms with Crippen molar-refractivity contribution in [1.29, 1.82) is 0 Å². The maximum absolute atomic E-state index is 12.2. The number of amides is 1. The fourth-order valence-corrected chi connectivity index (χ4v) is 3.13. The van der Waals surface area contributed by atoms with Crippen LogP contribution in [0, 0.1) is 0 Å². The van der Waals surface area contributed by atoms with Gasteiger partial charge in [-0.25, -0.2) is 0 Å². The zero-order valence-corrected chi connectivity index (χ0v) is 11.3. The van der Waals surface area contributed by atoms with Crippen LogP contribution in [-0.2, 0) is 9.53 Å². The lowest BCUT2D eigenvalue weighted by molar-refractivity contribution is -0.142. The van der Waals surface area contributed by atoms with Crippen LogP contribution < -0.4 is 0 Å². The van der Waals surface area contributed by atoms with Gasteiger partial charge in [0, 0.05) is 19.7 Å². The van der Waals surface area contributed by atoms with Gasteiger partial charge in [-0.05, 0) is 37.2 Å². The second-order valence-corrected chi connectivity index (χ2v) is 5.51. The molecule has 19 heavy (non-hydrogen) atoms. The van der Waals surface area contributed by atoms with Gasteiger partial charge in [0.1, 0.15) is 6.10 Å². The molecule has 2 heterocycles. The summed E-state index contributed by atoms with van der Waals surface area (Å²) in [6, 6.07) is 10.6. The zero-order chi connectivity index (χ0) is 13.1. The minimum Gasteiger partial charge on any atom is -0.368 e. The molecule has 2 saturated heterocycles. The van der Waals surface area contributed by atoms with E-state index in [1.165, 1.54) is 5.56 Å². The standard InChI is InChI=1S/C16H21NO2/c18-16(15-7-4-12-19-15)17-10-8-14(9-11-17)13-5-2-1-3-6-13/h1-3,5-6,14-15H,4,7-12H2. The van der Waals surface area contributed by atoms with Crippen molar-refractivity contribution in [2.75, 3.05) is 19.7 Å². The number of carbonyl (C=O) groups excluding carboxylic acids is 1. The molecule has 2 fully saturated rings. The predicted molar refractivity (Wildman–Crippen MR) is 74.0 cm³/mol. The van der Waals surface area contributed by atoms with Crippen molar-refractivity contribution in [3.63, 3.8) is 0 Å². The van der Waals surface area contributed by atoms with Gasteiger partial charge in [0.15, 0.2) is 0 Å². The predicted octanol–water partition coefficient (Wildman–Crippen LogP) is 2.57. The maximum Gasteiger partial charge on any atom is 0.251 e. The summed E-state index contributed by atoms with van der Waals surface area (Å²) in [4.78, 5) is 14.2. The molecule has 3 rings (SSSR count). The second-order valence-electron chi connectivity index (χ2n) is 5.51. The van der Waals surface area contributed by atoms with E-state index in [0.717, 1.165) is 45.4 Å². The third-order valence-electron chi connectivity index (χ3n) is 4.28. The monoisotopic (exact) mass is 259 g/mol. The molecule has 0 aromatic heterocycles. The third-order valence-corrected chi connectivity index (χ3v) is 4.28. The highest BCUT2D eigenvalue weighted by Crippen LogP contribution is 2.28. The van der Waals surface area contributed by atoms with Crippen molar-refractivity contribution in [1.82, 2.24) is 4.90 Å². The highest BCUT2D eigenvalue weighted by atomic mass is 16.5. The molecule has 1 atom stereocenters. The Hall–Kier alpha value is -1.35. The summed E-state index contributed by atoms with van der Waals surface area (Å²) in [5.74, 6) is 0.818. The number of hydrogen-bond donors (Lipinski definition) is 0. The summed E-state index contributed by atoms with van der Waals surface area (Å²) >= 11 is 0. The largest absolute Gasteiger partial charge is 0.368 e. The Kier molecular flexibility index (Phi) is 3.83. The van der Waals surface area contributed by atoms with Gasteiger partial charge in [-0.1, -0.05) is 30.3 Å². The van der Waals surface area contributed by atoms with Crippen molar-refractivity contribution < 1.29 is 9.53 Å². The smallest absolute Gasteiger partial charge is 0.251 e. The Labute approximate surface area is 114 Å². The normalized spacial score (nSPS) is 24.6. The quantitative estimate of drug-likeness (QED) is 0.817. The lowest BCUT2D eigenvalue weighted by atomic mass is 9.89. The lowest BCUT2D eigenvalue weighted by Gasteiger charge is -2.33. The maximum atomic E-state index is 12.2. The summed E-state index contributed by atoms with van der Waals surface area (Å²) in [5, 5.41) is 0. The summed E-state index contributed by atoms with van der Waals surface area (Å²) in [5.41, 5.74) is 1.41. The van der Waals surface area contributed by atoms with E-state index >= 15 is 0 Å². The molecular weight excluding hydrogens is 238 g/mol. The average molecular weight is 259 g/mol. The molecule has 1 aromatic rings. The second kappa shape index (κ2) is 5.74. The Bertz CT molecular complexity index is 418. The number of nitrogens with zero attached hydrogens (tertiary/aromatic N) is 1. The molecule has 1 unspecified atom stereocenters. The van der Waals surface area contributed by atoms with Crippen LogP contribution in [0.3, 0.4) is 0 Å². The highest BCUT2D eigenvalue weighted by Gasteiger charge is 2.31. The molecule has 0 spiro atoms. The van der Waals surface area contributed by atoms with Crippen LogP contribution in [0.15, 0.2) is 30.3 Å². The van der Waals surface area contributed by atoms with Crippen LogP contribution in [0.1, 0.15) is 37.2 Å². The number of benzene rings is 1. The number of piperidine rings is 1. The molecule has 2 aliphatic rings. The molecule has 0 radical (unpaired) electrons. The minimum absolute atomic E-state index is 0.159. The fourth-order valence-electron chi connectivity index (χ4n) is 3.13. The van der Waals surface area contributed by atoms with Gasteiger partial charge in [0.25, 0.3) is 5.91 Å². The summed E-state index contributed by atoms with van der Waals surface area (Å²) in [7, 11) is 0. The van der Waals surface area contributed by atoms with Crippen LogP contribution in [0.2, 0.25) is 0 Å². The van der Waals surface area contributed by atoms with Crippen LogP contribution in [-0.4, -0.2) is 36.6 Å². The molecule has 2 aliphatic heterocycles. The number of ether oxygens (including phenoxy) is 1. The molecule has 0 bridgehead atoms. The van der Waals surface area contributed by atoms with Crippen LogP contribution in [0.5, 0.6) is 0 Å². The molecule has 1 amide bonds. The van der Waals surface area contributed by atoms with Crippen LogP contribution in [0.25, 0.3) is 0 Å². The van der Waals surface area contributed by atoms with Gasteiger partial charge >= 0.3 is 0 Å². The van der Waals surface area contributed by atoms with E-state index in [1.807, 2.05) is 4.90 Å². The number of likely N-dealkylation sites (tertiary alicyclic amines) is 1. The molecule has 0 N–H and O–H groups in total. The molecule has 3 heteroatoms. The molecular formula is C16H21NO2. The summed E-state index contributed by atoms with van der Waals surface area (Å²) in [6.07, 6.45) is 3.91. The zero-order valence-electron chi connectivity index (χ0n) is 11.3. The first-order valence-electron chi connectivity index (χ1n) is 7.30. The first-order chi connectivity index (χ1) is 9.34. The lowest BCUT2D eigenvalue weighted by Crippen LogP contribution is -2.43.